The van der Waals surface area contributed by atoms with Gasteiger partial charge in [-0.15, -0.1) is 0 Å². The van der Waals surface area contributed by atoms with Crippen LogP contribution in [0.2, 0.25) is 0 Å². The Balaban J connectivity index is 3.55. The molecule has 0 atom stereocenters. The molecule has 0 radical (unpaired) electrons. The van der Waals surface area contributed by atoms with Gasteiger partial charge in [-0.2, -0.15) is 0 Å². The van der Waals surface area contributed by atoms with Gasteiger partial charge in [-0.25, -0.2) is 0 Å². The van der Waals surface area contributed by atoms with Crippen molar-refractivity contribution >= 4 is 0 Å². The van der Waals surface area contributed by atoms with Crippen LogP contribution in [0.15, 0.2) is 11.8 Å². The molecule has 0 amide bonds. The lowest BCUT2D eigenvalue weighted by Gasteiger charge is -2.11. The fourth-order valence-electron chi connectivity index (χ4n) is 0.432. The highest BCUT2D eigenvalue weighted by atomic mass is 15.1. The Kier molecular flexibility index (Phi) is 4.14. The molecule has 1 N–H and O–H groups in total. The molecule has 0 aliphatic rings. The van der Waals surface area contributed by atoms with Crippen molar-refractivity contribution in [3.05, 3.63) is 11.8 Å². The zero-order valence-electron chi connectivity index (χ0n) is 6.73. The molecule has 0 fully saturated rings. The predicted molar refractivity (Wildman–Crippen MR) is 41.4 cm³/mol. The number of rotatable bonds is 3. The van der Waals surface area contributed by atoms with Crippen molar-refractivity contribution in [2.75, 3.05) is 27.7 Å². The number of likely N-dealkylation sites (N-methyl/N-ethyl adjacent to an activating group) is 1. The van der Waals surface area contributed by atoms with E-state index in [9.17, 15) is 0 Å². The van der Waals surface area contributed by atoms with Gasteiger partial charge in [-0.05, 0) is 14.0 Å². The second-order valence-electron chi connectivity index (χ2n) is 2.30. The molecule has 0 aromatic rings. The van der Waals surface area contributed by atoms with Crippen molar-refractivity contribution < 1.29 is 0 Å². The first-order chi connectivity index (χ1) is 4.18. The van der Waals surface area contributed by atoms with E-state index in [1.54, 1.807) is 0 Å². The van der Waals surface area contributed by atoms with Gasteiger partial charge in [0, 0.05) is 26.3 Å². The molecule has 0 rings (SSSR count). The van der Waals surface area contributed by atoms with Crippen molar-refractivity contribution in [1.29, 1.82) is 0 Å². The average molecular weight is 128 g/mol. The number of nitrogens with zero attached hydrogens (tertiary/aromatic N) is 1. The Bertz CT molecular complexity index is 95.1. The first-order valence-electron chi connectivity index (χ1n) is 3.17. The molecule has 54 valence electrons. The van der Waals surface area contributed by atoms with E-state index in [-0.39, 0.29) is 0 Å². The monoisotopic (exact) mass is 128 g/mol. The fraction of sp³-hybridized carbons (Fsp3) is 0.714. The summed E-state index contributed by atoms with van der Waals surface area (Å²) in [6, 6.07) is 0. The predicted octanol–water partition coefficient (Wildman–Crippen LogP) is 0.671. The number of hydrogen-bond donors (Lipinski definition) is 1. The van der Waals surface area contributed by atoms with E-state index in [1.807, 2.05) is 21.1 Å². The summed E-state index contributed by atoms with van der Waals surface area (Å²) in [5.74, 6) is 0. The highest BCUT2D eigenvalue weighted by Crippen LogP contribution is 1.92. The van der Waals surface area contributed by atoms with Crippen molar-refractivity contribution in [2.45, 2.75) is 6.92 Å². The normalized spacial score (nSPS) is 11.8. The Labute approximate surface area is 57.5 Å². The zero-order chi connectivity index (χ0) is 7.28. The van der Waals surface area contributed by atoms with Crippen LogP contribution in [0, 0.1) is 0 Å². The van der Waals surface area contributed by atoms with Gasteiger partial charge in [0.25, 0.3) is 0 Å². The van der Waals surface area contributed by atoms with Crippen LogP contribution >= 0.6 is 0 Å². The van der Waals surface area contributed by atoms with Crippen LogP contribution in [0.5, 0.6) is 0 Å². The van der Waals surface area contributed by atoms with E-state index in [0.29, 0.717) is 0 Å². The maximum absolute atomic E-state index is 3.05. The van der Waals surface area contributed by atoms with E-state index in [1.165, 1.54) is 5.70 Å². The Morgan fingerprint density at radius 2 is 2.11 bits per heavy atom. The van der Waals surface area contributed by atoms with Gasteiger partial charge in [0.15, 0.2) is 0 Å². The minimum atomic E-state index is 0.948. The first kappa shape index (κ1) is 8.50. The summed E-state index contributed by atoms with van der Waals surface area (Å²) in [5.41, 5.74) is 1.30. The Hall–Kier alpha value is -0.500. The lowest BCUT2D eigenvalue weighted by molar-refractivity contribution is 0.510. The standard InChI is InChI=1S/C7H16N2/c1-7(9(3)4)5-6-8-2/h5,8H,6H2,1-4H3/b7-5+. The third kappa shape index (κ3) is 4.03. The molecule has 0 unspecified atom stereocenters. The lowest BCUT2D eigenvalue weighted by atomic mass is 10.4. The summed E-state index contributed by atoms with van der Waals surface area (Å²) in [4.78, 5) is 2.09. The average Bonchev–Trinajstić information content (AvgIpc) is 1.82. The van der Waals surface area contributed by atoms with Crippen LogP contribution in [0.3, 0.4) is 0 Å². The van der Waals surface area contributed by atoms with Gasteiger partial charge in [0.2, 0.25) is 0 Å². The van der Waals surface area contributed by atoms with Crippen LogP contribution in [0.1, 0.15) is 6.92 Å². The molecular formula is C7H16N2. The molecule has 0 heterocycles. The lowest BCUT2D eigenvalue weighted by Crippen LogP contribution is -2.12. The molecule has 0 saturated heterocycles. The summed E-state index contributed by atoms with van der Waals surface area (Å²) in [7, 11) is 6.03. The van der Waals surface area contributed by atoms with Gasteiger partial charge >= 0.3 is 0 Å². The van der Waals surface area contributed by atoms with Crippen molar-refractivity contribution in [1.82, 2.24) is 10.2 Å². The third-order valence-corrected chi connectivity index (χ3v) is 1.31. The van der Waals surface area contributed by atoms with Gasteiger partial charge in [0.05, 0.1) is 0 Å². The molecule has 0 aliphatic heterocycles. The third-order valence-electron chi connectivity index (χ3n) is 1.31. The van der Waals surface area contributed by atoms with Crippen LogP contribution in [-0.4, -0.2) is 32.6 Å². The van der Waals surface area contributed by atoms with E-state index >= 15 is 0 Å². The quantitative estimate of drug-likeness (QED) is 0.601. The van der Waals surface area contributed by atoms with Crippen molar-refractivity contribution in [3.8, 4) is 0 Å². The summed E-state index contributed by atoms with van der Waals surface area (Å²) in [5, 5.41) is 3.05. The van der Waals surface area contributed by atoms with Crippen molar-refractivity contribution in [2.24, 2.45) is 0 Å². The molecule has 0 aliphatic carbocycles. The van der Waals surface area contributed by atoms with Gasteiger partial charge in [-0.1, -0.05) is 6.08 Å². The summed E-state index contributed by atoms with van der Waals surface area (Å²) < 4.78 is 0. The van der Waals surface area contributed by atoms with E-state index < -0.39 is 0 Å². The summed E-state index contributed by atoms with van der Waals surface area (Å²) in [6.07, 6.45) is 2.15. The number of hydrogen-bond acceptors (Lipinski definition) is 2. The van der Waals surface area contributed by atoms with Gasteiger partial charge in [0.1, 0.15) is 0 Å². The summed E-state index contributed by atoms with van der Waals surface area (Å²) in [6.45, 7) is 3.04. The fourth-order valence-corrected chi connectivity index (χ4v) is 0.432. The first-order valence-corrected chi connectivity index (χ1v) is 3.17. The molecule has 0 aromatic carbocycles. The highest BCUT2D eigenvalue weighted by molar-refractivity contribution is 4.95. The molecule has 9 heavy (non-hydrogen) atoms. The minimum Gasteiger partial charge on any atom is -0.381 e. The van der Waals surface area contributed by atoms with Crippen LogP contribution in [0.4, 0.5) is 0 Å². The second-order valence-corrected chi connectivity index (χ2v) is 2.30. The smallest absolute Gasteiger partial charge is 0.0151 e. The molecule has 2 nitrogen and oxygen atoms in total. The van der Waals surface area contributed by atoms with E-state index in [4.69, 9.17) is 0 Å². The maximum atomic E-state index is 3.05. The molecule has 0 aromatic heterocycles. The maximum Gasteiger partial charge on any atom is 0.0151 e. The largest absolute Gasteiger partial charge is 0.381 e. The molecule has 2 heteroatoms. The van der Waals surface area contributed by atoms with Gasteiger partial charge in [-0.3, -0.25) is 0 Å². The van der Waals surface area contributed by atoms with E-state index in [2.05, 4.69) is 23.2 Å². The summed E-state index contributed by atoms with van der Waals surface area (Å²) >= 11 is 0. The molecule has 0 saturated carbocycles. The molecular weight excluding hydrogens is 112 g/mol. The SMILES string of the molecule is CNC/C=C(\C)N(C)C. The Morgan fingerprint density at radius 3 is 2.44 bits per heavy atom. The molecule has 0 spiro atoms. The topological polar surface area (TPSA) is 15.3 Å². The van der Waals surface area contributed by atoms with Crippen molar-refractivity contribution in [3.63, 3.8) is 0 Å². The van der Waals surface area contributed by atoms with Gasteiger partial charge < -0.3 is 10.2 Å². The Morgan fingerprint density at radius 1 is 1.56 bits per heavy atom. The number of nitrogens with one attached hydrogen (secondary N) is 1. The van der Waals surface area contributed by atoms with Crippen LogP contribution < -0.4 is 5.32 Å². The number of allylic oxidation sites excluding steroid dienone is 1. The van der Waals surface area contributed by atoms with Crippen LogP contribution in [-0.2, 0) is 0 Å². The second kappa shape index (κ2) is 4.39. The van der Waals surface area contributed by atoms with Crippen LogP contribution in [0.25, 0.3) is 0 Å². The zero-order valence-corrected chi connectivity index (χ0v) is 6.73. The highest BCUT2D eigenvalue weighted by Gasteiger charge is 1.86. The minimum absolute atomic E-state index is 0.948. The molecule has 0 bridgehead atoms. The van der Waals surface area contributed by atoms with E-state index in [0.717, 1.165) is 6.54 Å².